The van der Waals surface area contributed by atoms with Crippen molar-refractivity contribution in [1.29, 1.82) is 0 Å². The number of nitrogen functional groups attached to an aromatic ring is 1. The lowest BCUT2D eigenvalue weighted by molar-refractivity contribution is -0.115. The van der Waals surface area contributed by atoms with E-state index >= 15 is 0 Å². The molecule has 0 aromatic carbocycles. The third kappa shape index (κ3) is 0.832. The van der Waals surface area contributed by atoms with Crippen LogP contribution in [0.1, 0.15) is 5.56 Å². The molecule has 4 heteroatoms. The minimum Gasteiger partial charge on any atom is -0.398 e. The van der Waals surface area contributed by atoms with Crippen LogP contribution in [0.15, 0.2) is 12.3 Å². The molecule has 0 aliphatic carbocycles. The van der Waals surface area contributed by atoms with Gasteiger partial charge in [-0.15, -0.1) is 0 Å². The number of hydrogen-bond acceptors (Lipinski definition) is 3. The molecule has 0 spiro atoms. The van der Waals surface area contributed by atoms with Crippen LogP contribution in [0.2, 0.25) is 0 Å². The fourth-order valence-electron chi connectivity index (χ4n) is 1.14. The number of rotatable bonds is 0. The SMILES string of the molecule is Nc1ccnc2c1CC(=O)N2. The lowest BCUT2D eigenvalue weighted by Crippen LogP contribution is -2.04. The number of carbonyl (C=O) groups excluding carboxylic acids is 1. The number of aromatic nitrogens is 1. The van der Waals surface area contributed by atoms with E-state index < -0.39 is 0 Å². The highest BCUT2D eigenvalue weighted by Crippen LogP contribution is 2.24. The Morgan fingerprint density at radius 2 is 2.45 bits per heavy atom. The number of anilines is 2. The van der Waals surface area contributed by atoms with Gasteiger partial charge in [0, 0.05) is 17.4 Å². The second kappa shape index (κ2) is 1.95. The summed E-state index contributed by atoms with van der Waals surface area (Å²) in [6.45, 7) is 0. The summed E-state index contributed by atoms with van der Waals surface area (Å²) in [6, 6.07) is 1.69. The van der Waals surface area contributed by atoms with Crippen LogP contribution in [0.5, 0.6) is 0 Å². The summed E-state index contributed by atoms with van der Waals surface area (Å²) in [5, 5.41) is 2.61. The first kappa shape index (κ1) is 6.15. The Balaban J connectivity index is 2.57. The van der Waals surface area contributed by atoms with Gasteiger partial charge in [0.05, 0.1) is 6.42 Å². The number of fused-ring (bicyclic) bond motifs is 1. The second-order valence-electron chi connectivity index (χ2n) is 2.45. The Hall–Kier alpha value is -1.58. The minimum atomic E-state index is -0.0367. The highest BCUT2D eigenvalue weighted by Gasteiger charge is 2.20. The van der Waals surface area contributed by atoms with E-state index in [-0.39, 0.29) is 5.91 Å². The van der Waals surface area contributed by atoms with Crippen LogP contribution in [0, 0.1) is 0 Å². The lowest BCUT2D eigenvalue weighted by atomic mass is 10.2. The summed E-state index contributed by atoms with van der Waals surface area (Å²) in [6.07, 6.45) is 1.94. The van der Waals surface area contributed by atoms with Crippen molar-refractivity contribution in [2.45, 2.75) is 6.42 Å². The van der Waals surface area contributed by atoms with E-state index in [9.17, 15) is 4.79 Å². The summed E-state index contributed by atoms with van der Waals surface area (Å²) < 4.78 is 0. The normalized spacial score (nSPS) is 14.4. The Kier molecular flexibility index (Phi) is 1.09. The Morgan fingerprint density at radius 3 is 3.18 bits per heavy atom. The van der Waals surface area contributed by atoms with Crippen molar-refractivity contribution in [3.8, 4) is 0 Å². The molecule has 0 saturated carbocycles. The van der Waals surface area contributed by atoms with Gasteiger partial charge >= 0.3 is 0 Å². The molecule has 1 amide bonds. The van der Waals surface area contributed by atoms with Gasteiger partial charge in [0.1, 0.15) is 5.82 Å². The molecule has 1 aliphatic rings. The first-order valence-corrected chi connectivity index (χ1v) is 3.30. The van der Waals surface area contributed by atoms with Gasteiger partial charge in [-0.05, 0) is 6.07 Å². The molecular formula is C7H7N3O. The van der Waals surface area contributed by atoms with E-state index in [0.29, 0.717) is 17.9 Å². The summed E-state index contributed by atoms with van der Waals surface area (Å²) >= 11 is 0. The monoisotopic (exact) mass is 149 g/mol. The maximum Gasteiger partial charge on any atom is 0.230 e. The maximum atomic E-state index is 10.8. The second-order valence-corrected chi connectivity index (χ2v) is 2.45. The van der Waals surface area contributed by atoms with E-state index in [2.05, 4.69) is 10.3 Å². The standard InChI is InChI=1S/C7H7N3O/c8-5-1-2-9-7-4(5)3-6(11)10-7/h1-2H,3H2,(H3,8,9,10,11). The Bertz CT molecular complexity index is 321. The highest BCUT2D eigenvalue weighted by molar-refractivity contribution is 5.99. The molecule has 2 rings (SSSR count). The zero-order valence-corrected chi connectivity index (χ0v) is 5.79. The number of hydrogen-bond donors (Lipinski definition) is 2. The molecular weight excluding hydrogens is 142 g/mol. The zero-order chi connectivity index (χ0) is 7.84. The number of pyridine rings is 1. The van der Waals surface area contributed by atoms with Crippen LogP contribution in [-0.4, -0.2) is 10.9 Å². The van der Waals surface area contributed by atoms with Gasteiger partial charge in [0.25, 0.3) is 0 Å². The van der Waals surface area contributed by atoms with Gasteiger partial charge in [-0.1, -0.05) is 0 Å². The molecule has 0 bridgehead atoms. The number of amides is 1. The smallest absolute Gasteiger partial charge is 0.230 e. The summed E-state index contributed by atoms with van der Waals surface area (Å²) in [5.74, 6) is 0.570. The van der Waals surface area contributed by atoms with Crippen molar-refractivity contribution in [2.24, 2.45) is 0 Å². The average Bonchev–Trinajstić information content (AvgIpc) is 2.31. The molecule has 1 aromatic rings. The van der Waals surface area contributed by atoms with Crippen molar-refractivity contribution in [1.82, 2.24) is 4.98 Å². The average molecular weight is 149 g/mol. The predicted molar refractivity (Wildman–Crippen MR) is 41.0 cm³/mol. The Morgan fingerprint density at radius 1 is 1.64 bits per heavy atom. The molecule has 1 aliphatic heterocycles. The van der Waals surface area contributed by atoms with Crippen LogP contribution < -0.4 is 11.1 Å². The number of nitrogens with one attached hydrogen (secondary N) is 1. The maximum absolute atomic E-state index is 10.8. The van der Waals surface area contributed by atoms with E-state index in [0.717, 1.165) is 5.56 Å². The third-order valence-corrected chi connectivity index (χ3v) is 1.69. The lowest BCUT2D eigenvalue weighted by Gasteiger charge is -1.98. The van der Waals surface area contributed by atoms with Gasteiger partial charge in [-0.2, -0.15) is 0 Å². The fourth-order valence-corrected chi connectivity index (χ4v) is 1.14. The van der Waals surface area contributed by atoms with Crippen molar-refractivity contribution >= 4 is 17.4 Å². The molecule has 2 heterocycles. The quantitative estimate of drug-likeness (QED) is 0.552. The van der Waals surface area contributed by atoms with Crippen molar-refractivity contribution in [3.63, 3.8) is 0 Å². The Labute approximate surface area is 63.4 Å². The molecule has 0 radical (unpaired) electrons. The first-order valence-electron chi connectivity index (χ1n) is 3.30. The third-order valence-electron chi connectivity index (χ3n) is 1.69. The first-order chi connectivity index (χ1) is 5.27. The van der Waals surface area contributed by atoms with E-state index in [1.165, 1.54) is 0 Å². The summed E-state index contributed by atoms with van der Waals surface area (Å²) in [4.78, 5) is 14.8. The van der Waals surface area contributed by atoms with Crippen molar-refractivity contribution in [3.05, 3.63) is 17.8 Å². The molecule has 0 unspecified atom stereocenters. The van der Waals surface area contributed by atoms with Gasteiger partial charge in [0.15, 0.2) is 0 Å². The van der Waals surface area contributed by atoms with E-state index in [1.807, 2.05) is 0 Å². The number of nitrogens with zero attached hydrogens (tertiary/aromatic N) is 1. The van der Waals surface area contributed by atoms with Gasteiger partial charge < -0.3 is 11.1 Å². The summed E-state index contributed by atoms with van der Waals surface area (Å²) in [7, 11) is 0. The predicted octanol–water partition coefficient (Wildman–Crippen LogP) is 0.158. The molecule has 0 saturated heterocycles. The van der Waals surface area contributed by atoms with E-state index in [1.54, 1.807) is 12.3 Å². The van der Waals surface area contributed by atoms with Gasteiger partial charge in [-0.25, -0.2) is 4.98 Å². The molecule has 0 atom stereocenters. The van der Waals surface area contributed by atoms with Crippen molar-refractivity contribution < 1.29 is 4.79 Å². The van der Waals surface area contributed by atoms with Crippen LogP contribution >= 0.6 is 0 Å². The van der Waals surface area contributed by atoms with Crippen molar-refractivity contribution in [2.75, 3.05) is 11.1 Å². The van der Waals surface area contributed by atoms with Crippen LogP contribution in [0.4, 0.5) is 11.5 Å². The van der Waals surface area contributed by atoms with Crippen LogP contribution in [-0.2, 0) is 11.2 Å². The fraction of sp³-hybridized carbons (Fsp3) is 0.143. The van der Waals surface area contributed by atoms with Crippen LogP contribution in [0.25, 0.3) is 0 Å². The topological polar surface area (TPSA) is 68.0 Å². The highest BCUT2D eigenvalue weighted by atomic mass is 16.1. The van der Waals surface area contributed by atoms with Gasteiger partial charge in [0.2, 0.25) is 5.91 Å². The molecule has 11 heavy (non-hydrogen) atoms. The molecule has 0 fully saturated rings. The zero-order valence-electron chi connectivity index (χ0n) is 5.79. The molecule has 56 valence electrons. The van der Waals surface area contributed by atoms with Crippen LogP contribution in [0.3, 0.4) is 0 Å². The molecule has 4 nitrogen and oxygen atoms in total. The largest absolute Gasteiger partial charge is 0.398 e. The number of carbonyl (C=O) groups is 1. The van der Waals surface area contributed by atoms with E-state index in [4.69, 9.17) is 5.73 Å². The minimum absolute atomic E-state index is 0.0367. The molecule has 3 N–H and O–H groups in total. The number of nitrogens with two attached hydrogens (primary N) is 1. The van der Waals surface area contributed by atoms with Gasteiger partial charge in [-0.3, -0.25) is 4.79 Å². The summed E-state index contributed by atoms with van der Waals surface area (Å²) in [5.41, 5.74) is 7.05. The molecule has 1 aromatic heterocycles.